The lowest BCUT2D eigenvalue weighted by Crippen LogP contribution is -2.67. The maximum Gasteiger partial charge on any atom is 0.187 e. The van der Waals surface area contributed by atoms with E-state index in [1.54, 1.807) is 0 Å². The highest BCUT2D eigenvalue weighted by Gasteiger charge is 2.68. The fraction of sp³-hybridized carbons (Fsp3) is 0.965. The van der Waals surface area contributed by atoms with Crippen LogP contribution in [-0.2, 0) is 52.1 Å². The fourth-order valence-corrected chi connectivity index (χ4v) is 16.4. The van der Waals surface area contributed by atoms with Crippen molar-refractivity contribution in [3.63, 3.8) is 0 Å². The molecular weight excluding hydrogens is 1100 g/mol. The van der Waals surface area contributed by atoms with Crippen molar-refractivity contribution >= 4 is 0 Å². The van der Waals surface area contributed by atoms with E-state index in [0.29, 0.717) is 43.4 Å². The summed E-state index contributed by atoms with van der Waals surface area (Å²) < 4.78 is 66.7. The Kier molecular flexibility index (Phi) is 19.6. The minimum absolute atomic E-state index is 0.0864. The SMILES string of the molecule is CC(CC[C@@]1(O)OC2CC3C4CC=C5CC(O[C@@H]6O[C@H](CO)[C@@H](O[C@@H]7O[C@@H](C)[C@H](O[C@@H]8O[C@@H](C)[C@H](O)[C@@H](O)[C@H]8O)[C@@H](O)[C@H]7O)[C@H](O)[C@H]6O[C@@H]6O[C@@H](C)[C@H](O)[C@@H](O)[C@H]6O)CCC5(C)C4CCC3(C)C2[C@@H]1C)CO[C@@H]1O[C@H](CO)[C@@H](O)[C@H](O)[C@H]1O. The van der Waals surface area contributed by atoms with Crippen LogP contribution in [0, 0.1) is 46.3 Å². The number of ether oxygens (including phenoxy) is 11. The topological polar surface area (TPSA) is 405 Å². The predicted molar refractivity (Wildman–Crippen MR) is 280 cm³/mol. The fourth-order valence-electron chi connectivity index (χ4n) is 16.4. The molecule has 26 nitrogen and oxygen atoms in total. The summed E-state index contributed by atoms with van der Waals surface area (Å²) in [5, 5.41) is 162. The van der Waals surface area contributed by atoms with E-state index in [1.165, 1.54) is 26.3 Å². The Morgan fingerprint density at radius 3 is 1.75 bits per heavy atom. The number of aliphatic hydroxyl groups is 15. The van der Waals surface area contributed by atoms with Crippen molar-refractivity contribution in [3.05, 3.63) is 11.6 Å². The lowest BCUT2D eigenvalue weighted by Gasteiger charge is -2.58. The molecule has 0 aromatic rings. The van der Waals surface area contributed by atoms with Gasteiger partial charge in [-0.1, -0.05) is 39.3 Å². The molecule has 0 bridgehead atoms. The third-order valence-corrected chi connectivity index (χ3v) is 21.5. The number of fused-ring (bicyclic) bond motifs is 7. The summed E-state index contributed by atoms with van der Waals surface area (Å²) in [7, 11) is 0. The molecule has 4 aliphatic carbocycles. The van der Waals surface area contributed by atoms with Gasteiger partial charge in [0.15, 0.2) is 37.2 Å². The molecule has 9 fully saturated rings. The van der Waals surface area contributed by atoms with Crippen LogP contribution in [0.5, 0.6) is 0 Å². The second-order valence-corrected chi connectivity index (χ2v) is 26.6. The van der Waals surface area contributed by atoms with E-state index >= 15 is 0 Å². The molecule has 83 heavy (non-hydrogen) atoms. The Bertz CT molecular complexity index is 2200. The summed E-state index contributed by atoms with van der Waals surface area (Å²) >= 11 is 0. The standard InChI is InChI=1S/C57H94O26/c1-21(20-73-50-42(67)40(65)37(62)32(18-58)78-50)10-15-57(72)22(2)34-31(83-57)17-30-28-9-8-26-16-27(11-13-55(26,6)29(28)12-14-56(30,34)7)77-54-49(82-52-44(69)39(64)36(61)24(4)75-52)46(71)48(33(19-59)79-54)81-53-45(70)41(66)47(25(5)76-53)80-51-43(68)38(63)35(60)23(3)74-51/h8,21-25,27-54,58-72H,9-20H2,1-7H3/t21?,22-,23-,24-,25-,27?,28?,29?,30?,31?,32+,33+,34?,35-,36-,37+,38+,39+,40-,41-,42+,43+,44+,45+,46-,47-,48+,49+,50+,51-,52-,53-,54+,55?,56?,57+/m0/s1. The quantitative estimate of drug-likeness (QED) is 0.0680. The summed E-state index contributed by atoms with van der Waals surface area (Å²) in [6.07, 6.45) is -29.2. The van der Waals surface area contributed by atoms with Gasteiger partial charge in [0.05, 0.1) is 50.3 Å². The molecule has 6 aliphatic heterocycles. The zero-order chi connectivity index (χ0) is 60.1. The second-order valence-electron chi connectivity index (χ2n) is 26.6. The maximum atomic E-state index is 12.3. The number of rotatable bonds is 16. The van der Waals surface area contributed by atoms with Crippen molar-refractivity contribution in [2.75, 3.05) is 19.8 Å². The third kappa shape index (κ3) is 11.8. The van der Waals surface area contributed by atoms with Gasteiger partial charge in [-0.15, -0.1) is 0 Å². The van der Waals surface area contributed by atoms with Gasteiger partial charge in [-0.2, -0.15) is 0 Å². The lowest BCUT2D eigenvalue weighted by molar-refractivity contribution is -0.394. The summed E-state index contributed by atoms with van der Waals surface area (Å²) in [6.45, 7) is 12.0. The second kappa shape index (κ2) is 25.2. The first-order valence-corrected chi connectivity index (χ1v) is 30.1. The summed E-state index contributed by atoms with van der Waals surface area (Å²) in [4.78, 5) is 0. The molecule has 478 valence electrons. The molecule has 15 N–H and O–H groups in total. The molecule has 9 unspecified atom stereocenters. The van der Waals surface area contributed by atoms with E-state index in [4.69, 9.17) is 52.1 Å². The average Bonchev–Trinajstić information content (AvgIpc) is 2.29. The molecule has 10 rings (SSSR count). The summed E-state index contributed by atoms with van der Waals surface area (Å²) in [5.41, 5.74) is 0.970. The largest absolute Gasteiger partial charge is 0.394 e. The van der Waals surface area contributed by atoms with Crippen LogP contribution in [0.4, 0.5) is 0 Å². The Balaban J connectivity index is 0.786. The number of allylic oxidation sites excluding steroid dienone is 1. The Labute approximate surface area is 483 Å². The maximum absolute atomic E-state index is 12.3. The first kappa shape index (κ1) is 64.7. The van der Waals surface area contributed by atoms with Crippen molar-refractivity contribution in [1.82, 2.24) is 0 Å². The normalized spacial score (nSPS) is 55.9. The molecule has 0 amide bonds. The smallest absolute Gasteiger partial charge is 0.187 e. The Morgan fingerprint density at radius 1 is 0.566 bits per heavy atom. The first-order valence-electron chi connectivity index (χ1n) is 30.1. The van der Waals surface area contributed by atoms with Crippen LogP contribution < -0.4 is 0 Å². The Hall–Kier alpha value is -1.30. The van der Waals surface area contributed by atoms with Gasteiger partial charge in [0, 0.05) is 12.3 Å². The van der Waals surface area contributed by atoms with Crippen LogP contribution in [0.1, 0.15) is 106 Å². The minimum atomic E-state index is -1.88. The van der Waals surface area contributed by atoms with E-state index in [9.17, 15) is 76.6 Å². The first-order chi connectivity index (χ1) is 39.2. The monoisotopic (exact) mass is 1190 g/mol. The molecule has 3 saturated carbocycles. The molecule has 0 aromatic carbocycles. The van der Waals surface area contributed by atoms with Gasteiger partial charge in [0.1, 0.15) is 104 Å². The highest BCUT2D eigenvalue weighted by atomic mass is 16.8. The van der Waals surface area contributed by atoms with Gasteiger partial charge in [0.25, 0.3) is 0 Å². The van der Waals surface area contributed by atoms with Crippen LogP contribution >= 0.6 is 0 Å². The van der Waals surface area contributed by atoms with Crippen molar-refractivity contribution < 1.29 is 129 Å². The molecule has 26 heteroatoms. The summed E-state index contributed by atoms with van der Waals surface area (Å²) in [5.74, 6) is -0.409. The zero-order valence-corrected chi connectivity index (χ0v) is 48.3. The number of hydrogen-bond donors (Lipinski definition) is 15. The van der Waals surface area contributed by atoms with Crippen LogP contribution in [-0.4, -0.2) is 268 Å². The predicted octanol–water partition coefficient (Wildman–Crippen LogP) is -3.13. The number of hydrogen-bond acceptors (Lipinski definition) is 26. The third-order valence-electron chi connectivity index (χ3n) is 21.5. The van der Waals surface area contributed by atoms with Crippen molar-refractivity contribution in [2.24, 2.45) is 46.3 Å². The van der Waals surface area contributed by atoms with E-state index < -0.39 is 179 Å². The number of aliphatic hydroxyl groups excluding tert-OH is 14. The lowest BCUT2D eigenvalue weighted by atomic mass is 9.47. The molecule has 10 aliphatic rings. The van der Waals surface area contributed by atoms with Gasteiger partial charge in [0.2, 0.25) is 0 Å². The van der Waals surface area contributed by atoms with Gasteiger partial charge in [-0.25, -0.2) is 0 Å². The highest BCUT2D eigenvalue weighted by molar-refractivity contribution is 5.26. The van der Waals surface area contributed by atoms with Crippen molar-refractivity contribution in [1.29, 1.82) is 0 Å². The van der Waals surface area contributed by atoms with Crippen LogP contribution in [0.2, 0.25) is 0 Å². The molecule has 0 aromatic heterocycles. The van der Waals surface area contributed by atoms with E-state index in [2.05, 4.69) is 26.8 Å². The summed E-state index contributed by atoms with van der Waals surface area (Å²) in [6, 6.07) is 0. The highest BCUT2D eigenvalue weighted by Crippen LogP contribution is 2.70. The molecular formula is C57H94O26. The van der Waals surface area contributed by atoms with Crippen LogP contribution in [0.3, 0.4) is 0 Å². The average molecular weight is 1200 g/mol. The van der Waals surface area contributed by atoms with Gasteiger partial charge in [-0.05, 0) is 113 Å². The van der Waals surface area contributed by atoms with Crippen LogP contribution in [0.15, 0.2) is 11.6 Å². The van der Waals surface area contributed by atoms with Gasteiger partial charge in [-0.3, -0.25) is 0 Å². The van der Waals surface area contributed by atoms with Gasteiger partial charge < -0.3 is 129 Å². The minimum Gasteiger partial charge on any atom is -0.394 e. The Morgan fingerprint density at radius 2 is 1.12 bits per heavy atom. The molecule has 0 spiro atoms. The molecule has 6 heterocycles. The van der Waals surface area contributed by atoms with Crippen LogP contribution in [0.25, 0.3) is 0 Å². The van der Waals surface area contributed by atoms with Crippen molar-refractivity contribution in [3.8, 4) is 0 Å². The van der Waals surface area contributed by atoms with E-state index in [-0.39, 0.29) is 41.3 Å². The molecule has 0 radical (unpaired) electrons. The zero-order valence-electron chi connectivity index (χ0n) is 48.3. The molecule has 36 atom stereocenters. The van der Waals surface area contributed by atoms with Crippen molar-refractivity contribution in [2.45, 2.75) is 278 Å². The van der Waals surface area contributed by atoms with Gasteiger partial charge >= 0.3 is 0 Å². The van der Waals surface area contributed by atoms with E-state index in [1.807, 2.05) is 6.92 Å². The molecule has 6 saturated heterocycles. The van der Waals surface area contributed by atoms with E-state index in [0.717, 1.165) is 32.1 Å².